The van der Waals surface area contributed by atoms with Gasteiger partial charge in [0.05, 0.1) is 23.7 Å². The first kappa shape index (κ1) is 19.9. The van der Waals surface area contributed by atoms with Crippen molar-refractivity contribution in [3.05, 3.63) is 28.8 Å². The van der Waals surface area contributed by atoms with Crippen LogP contribution in [0.4, 0.5) is 5.69 Å². The molecule has 0 fully saturated rings. The third kappa shape index (κ3) is 7.42. The summed E-state index contributed by atoms with van der Waals surface area (Å²) < 4.78 is 4.90. The number of nitriles is 1. The lowest BCUT2D eigenvalue weighted by Gasteiger charge is -2.16. The number of rotatable bonds is 9. The third-order valence-corrected chi connectivity index (χ3v) is 3.36. The number of hydrogen-bond donors (Lipinski definition) is 2. The molecule has 8 heteroatoms. The highest BCUT2D eigenvalue weighted by molar-refractivity contribution is 6.32. The summed E-state index contributed by atoms with van der Waals surface area (Å²) in [6.45, 7) is 1.31. The third-order valence-electron chi connectivity index (χ3n) is 3.05. The summed E-state index contributed by atoms with van der Waals surface area (Å²) in [7, 11) is 3.29. The van der Waals surface area contributed by atoms with Crippen LogP contribution in [0.3, 0.4) is 0 Å². The Bertz CT molecular complexity index is 616. The van der Waals surface area contributed by atoms with E-state index in [9.17, 15) is 9.59 Å². The molecule has 24 heavy (non-hydrogen) atoms. The molecule has 2 amide bonds. The van der Waals surface area contributed by atoms with Gasteiger partial charge in [-0.15, -0.1) is 0 Å². The molecule has 2 N–H and O–H groups in total. The van der Waals surface area contributed by atoms with E-state index in [1.165, 1.54) is 12.1 Å². The van der Waals surface area contributed by atoms with Crippen molar-refractivity contribution in [2.24, 2.45) is 0 Å². The standard InChI is InChI=1S/C16H21ClN4O3/c1-21(10-15(22)19-6-3-7-24-2)11-16(23)20-13-5-4-12(9-18)14(17)8-13/h4-5,8H,3,6-7,10-11H2,1-2H3,(H,19,22)(H,20,23). The molecule has 0 heterocycles. The monoisotopic (exact) mass is 352 g/mol. The predicted octanol–water partition coefficient (Wildman–Crippen LogP) is 1.23. The zero-order valence-corrected chi connectivity index (χ0v) is 14.5. The molecule has 130 valence electrons. The Morgan fingerprint density at radius 2 is 2.04 bits per heavy atom. The van der Waals surface area contributed by atoms with Crippen LogP contribution in [-0.4, -0.2) is 57.1 Å². The van der Waals surface area contributed by atoms with Crippen molar-refractivity contribution in [1.82, 2.24) is 10.2 Å². The van der Waals surface area contributed by atoms with Gasteiger partial charge in [0.25, 0.3) is 0 Å². The second-order valence-corrected chi connectivity index (χ2v) is 5.63. The van der Waals surface area contributed by atoms with Crippen molar-refractivity contribution in [2.45, 2.75) is 6.42 Å². The van der Waals surface area contributed by atoms with E-state index in [4.69, 9.17) is 21.6 Å². The Morgan fingerprint density at radius 3 is 2.67 bits per heavy atom. The van der Waals surface area contributed by atoms with E-state index in [0.29, 0.717) is 24.4 Å². The van der Waals surface area contributed by atoms with Crippen LogP contribution < -0.4 is 10.6 Å². The number of nitrogens with zero attached hydrogens (tertiary/aromatic N) is 2. The van der Waals surface area contributed by atoms with Crippen molar-refractivity contribution in [2.75, 3.05) is 45.7 Å². The number of carbonyl (C=O) groups excluding carboxylic acids is 2. The molecule has 0 saturated heterocycles. The first-order chi connectivity index (χ1) is 11.5. The van der Waals surface area contributed by atoms with Gasteiger partial charge in [-0.3, -0.25) is 14.5 Å². The summed E-state index contributed by atoms with van der Waals surface area (Å²) >= 11 is 5.91. The predicted molar refractivity (Wildman–Crippen MR) is 91.8 cm³/mol. The highest BCUT2D eigenvalue weighted by atomic mass is 35.5. The Kier molecular flexibility index (Phi) is 8.79. The number of ether oxygens (including phenoxy) is 1. The van der Waals surface area contributed by atoms with Gasteiger partial charge in [0.1, 0.15) is 6.07 Å². The van der Waals surface area contributed by atoms with Gasteiger partial charge in [0, 0.05) is 25.9 Å². The molecule has 7 nitrogen and oxygen atoms in total. The van der Waals surface area contributed by atoms with Crippen molar-refractivity contribution in [3.63, 3.8) is 0 Å². The van der Waals surface area contributed by atoms with Gasteiger partial charge in [0.15, 0.2) is 0 Å². The fourth-order valence-electron chi connectivity index (χ4n) is 1.93. The van der Waals surface area contributed by atoms with Crippen molar-refractivity contribution >= 4 is 29.1 Å². The molecule has 0 aromatic heterocycles. The van der Waals surface area contributed by atoms with Crippen molar-refractivity contribution < 1.29 is 14.3 Å². The Labute approximate surface area is 146 Å². The summed E-state index contributed by atoms with van der Waals surface area (Å²) in [5.74, 6) is -0.423. The normalized spacial score (nSPS) is 10.3. The van der Waals surface area contributed by atoms with E-state index >= 15 is 0 Å². The van der Waals surface area contributed by atoms with Crippen LogP contribution in [0.1, 0.15) is 12.0 Å². The van der Waals surface area contributed by atoms with Crippen molar-refractivity contribution in [3.8, 4) is 6.07 Å². The molecule has 0 saturated carbocycles. The SMILES string of the molecule is COCCCNC(=O)CN(C)CC(=O)Nc1ccc(C#N)c(Cl)c1. The van der Waals surface area contributed by atoms with E-state index < -0.39 is 0 Å². The molecule has 0 radical (unpaired) electrons. The summed E-state index contributed by atoms with van der Waals surface area (Å²) in [6, 6.07) is 6.60. The van der Waals surface area contributed by atoms with Crippen LogP contribution in [0.15, 0.2) is 18.2 Å². The van der Waals surface area contributed by atoms with Gasteiger partial charge >= 0.3 is 0 Å². The smallest absolute Gasteiger partial charge is 0.238 e. The van der Waals surface area contributed by atoms with Gasteiger partial charge in [0.2, 0.25) is 11.8 Å². The maximum absolute atomic E-state index is 12.0. The van der Waals surface area contributed by atoms with E-state index in [1.807, 2.05) is 6.07 Å². The highest BCUT2D eigenvalue weighted by Crippen LogP contribution is 2.20. The van der Waals surface area contributed by atoms with Gasteiger partial charge in [-0.25, -0.2) is 0 Å². The molecule has 1 rings (SSSR count). The molecule has 0 unspecified atom stereocenters. The fourth-order valence-corrected chi connectivity index (χ4v) is 2.15. The molecule has 1 aromatic rings. The van der Waals surface area contributed by atoms with Gasteiger partial charge in [-0.05, 0) is 31.7 Å². The summed E-state index contributed by atoms with van der Waals surface area (Å²) in [6.07, 6.45) is 0.742. The lowest BCUT2D eigenvalue weighted by Crippen LogP contribution is -2.39. The lowest BCUT2D eigenvalue weighted by atomic mass is 10.2. The number of nitrogens with one attached hydrogen (secondary N) is 2. The van der Waals surface area contributed by atoms with Crippen LogP contribution in [-0.2, 0) is 14.3 Å². The molecule has 0 bridgehead atoms. The van der Waals surface area contributed by atoms with Crippen LogP contribution >= 0.6 is 11.6 Å². The van der Waals surface area contributed by atoms with E-state index in [2.05, 4.69) is 10.6 Å². The van der Waals surface area contributed by atoms with Crippen LogP contribution in [0, 0.1) is 11.3 Å². The maximum atomic E-state index is 12.0. The molecule has 1 aromatic carbocycles. The molecule has 0 aliphatic rings. The maximum Gasteiger partial charge on any atom is 0.238 e. The number of benzene rings is 1. The summed E-state index contributed by atoms with van der Waals surface area (Å²) in [5, 5.41) is 14.5. The number of halogens is 1. The summed E-state index contributed by atoms with van der Waals surface area (Å²) in [5.41, 5.74) is 0.846. The first-order valence-corrected chi connectivity index (χ1v) is 7.77. The fraction of sp³-hybridized carbons (Fsp3) is 0.438. The molecule has 0 atom stereocenters. The zero-order chi connectivity index (χ0) is 17.9. The number of carbonyl (C=O) groups is 2. The zero-order valence-electron chi connectivity index (χ0n) is 13.8. The highest BCUT2D eigenvalue weighted by Gasteiger charge is 2.11. The molecule has 0 spiro atoms. The van der Waals surface area contributed by atoms with Gasteiger partial charge in [-0.2, -0.15) is 5.26 Å². The molecule has 0 aliphatic carbocycles. The minimum atomic E-state index is -0.273. The van der Waals surface area contributed by atoms with Gasteiger partial charge < -0.3 is 15.4 Å². The second kappa shape index (κ2) is 10.6. The van der Waals surface area contributed by atoms with Crippen LogP contribution in [0.5, 0.6) is 0 Å². The number of amides is 2. The second-order valence-electron chi connectivity index (χ2n) is 5.22. The minimum absolute atomic E-state index is 0.0586. The summed E-state index contributed by atoms with van der Waals surface area (Å²) in [4.78, 5) is 25.3. The average Bonchev–Trinajstić information content (AvgIpc) is 2.51. The molecule has 0 aliphatic heterocycles. The topological polar surface area (TPSA) is 94.5 Å². The van der Waals surface area contributed by atoms with Crippen molar-refractivity contribution in [1.29, 1.82) is 5.26 Å². The largest absolute Gasteiger partial charge is 0.385 e. The van der Waals surface area contributed by atoms with E-state index in [0.717, 1.165) is 6.42 Å². The van der Waals surface area contributed by atoms with Gasteiger partial charge in [-0.1, -0.05) is 11.6 Å². The quantitative estimate of drug-likeness (QED) is 0.652. The van der Waals surface area contributed by atoms with E-state index in [1.54, 1.807) is 25.1 Å². The number of likely N-dealkylation sites (N-methyl/N-ethyl adjacent to an activating group) is 1. The molecular weight excluding hydrogens is 332 g/mol. The average molecular weight is 353 g/mol. The first-order valence-electron chi connectivity index (χ1n) is 7.40. The van der Waals surface area contributed by atoms with Crippen LogP contribution in [0.2, 0.25) is 5.02 Å². The Morgan fingerprint density at radius 1 is 1.33 bits per heavy atom. The molecular formula is C16H21ClN4O3. The lowest BCUT2D eigenvalue weighted by molar-refractivity contribution is -0.123. The number of methoxy groups -OCH3 is 1. The number of hydrogen-bond acceptors (Lipinski definition) is 5. The van der Waals surface area contributed by atoms with Crippen LogP contribution in [0.25, 0.3) is 0 Å². The number of anilines is 1. The Balaban J connectivity index is 2.37. The minimum Gasteiger partial charge on any atom is -0.385 e. The van der Waals surface area contributed by atoms with E-state index in [-0.39, 0.29) is 29.9 Å². The Hall–Kier alpha value is -2.14.